The molecule has 2 unspecified atom stereocenters. The van der Waals surface area contributed by atoms with Gasteiger partial charge in [0, 0.05) is 5.69 Å². The van der Waals surface area contributed by atoms with Gasteiger partial charge in [0.05, 0.1) is 12.3 Å². The number of carbonyl (C=O) groups excluding carboxylic acids is 2. The van der Waals surface area contributed by atoms with Crippen LogP contribution in [0.4, 0.5) is 5.69 Å². The van der Waals surface area contributed by atoms with Crippen LogP contribution in [0.3, 0.4) is 0 Å². The average Bonchev–Trinajstić information content (AvgIpc) is 2.66. The van der Waals surface area contributed by atoms with Crippen molar-refractivity contribution in [1.82, 2.24) is 5.32 Å². The highest BCUT2D eigenvalue weighted by Gasteiger charge is 2.24. The molecule has 0 saturated carbocycles. The minimum absolute atomic E-state index is 0.110. The number of carbonyl (C=O) groups is 3. The van der Waals surface area contributed by atoms with Gasteiger partial charge in [0.25, 0.3) is 0 Å². The van der Waals surface area contributed by atoms with Crippen molar-refractivity contribution in [2.24, 2.45) is 5.92 Å². The molecule has 0 saturated heterocycles. The lowest BCUT2D eigenvalue weighted by Gasteiger charge is -2.22. The molecule has 3 N–H and O–H groups in total. The van der Waals surface area contributed by atoms with E-state index >= 15 is 0 Å². The molecule has 0 fully saturated rings. The Morgan fingerprint density at radius 3 is 2.25 bits per heavy atom. The third-order valence-electron chi connectivity index (χ3n) is 4.50. The lowest BCUT2D eigenvalue weighted by Crippen LogP contribution is -2.47. The first-order valence-corrected chi connectivity index (χ1v) is 9.25. The quantitative estimate of drug-likeness (QED) is 0.653. The molecular formula is C22H26N2O4. The van der Waals surface area contributed by atoms with Crippen molar-refractivity contribution in [1.29, 1.82) is 0 Å². The fourth-order valence-electron chi connectivity index (χ4n) is 2.79. The normalized spacial score (nSPS) is 12.9. The van der Waals surface area contributed by atoms with Crippen LogP contribution in [0.1, 0.15) is 37.8 Å². The van der Waals surface area contributed by atoms with Crippen LogP contribution in [0.15, 0.2) is 54.6 Å². The molecule has 0 aliphatic rings. The van der Waals surface area contributed by atoms with Crippen LogP contribution in [0, 0.1) is 5.92 Å². The summed E-state index contributed by atoms with van der Waals surface area (Å²) >= 11 is 0. The second-order valence-electron chi connectivity index (χ2n) is 7.13. The number of hydrogen-bond donors (Lipinski definition) is 3. The molecule has 0 bridgehead atoms. The van der Waals surface area contributed by atoms with E-state index < -0.39 is 17.9 Å². The van der Waals surface area contributed by atoms with Crippen LogP contribution in [-0.2, 0) is 20.8 Å². The third-order valence-corrected chi connectivity index (χ3v) is 4.50. The van der Waals surface area contributed by atoms with Crippen LogP contribution in [0.25, 0.3) is 0 Å². The molecule has 2 aromatic carbocycles. The molecule has 2 amide bonds. The molecule has 0 aliphatic carbocycles. The van der Waals surface area contributed by atoms with Crippen molar-refractivity contribution in [3.63, 3.8) is 0 Å². The first kappa shape index (κ1) is 21.2. The summed E-state index contributed by atoms with van der Waals surface area (Å²) in [5.74, 6) is -2.29. The second-order valence-corrected chi connectivity index (χ2v) is 7.13. The Morgan fingerprint density at radius 1 is 0.964 bits per heavy atom. The van der Waals surface area contributed by atoms with Gasteiger partial charge in [0.1, 0.15) is 6.04 Å². The number of carboxylic acids is 1. The van der Waals surface area contributed by atoms with Crippen LogP contribution >= 0.6 is 0 Å². The predicted molar refractivity (Wildman–Crippen MR) is 108 cm³/mol. The second kappa shape index (κ2) is 9.69. The molecule has 0 aromatic heterocycles. The number of hydrogen-bond acceptors (Lipinski definition) is 3. The fourth-order valence-corrected chi connectivity index (χ4v) is 2.79. The Labute approximate surface area is 165 Å². The van der Waals surface area contributed by atoms with E-state index in [1.165, 1.54) is 0 Å². The van der Waals surface area contributed by atoms with Gasteiger partial charge in [0.15, 0.2) is 0 Å². The summed E-state index contributed by atoms with van der Waals surface area (Å²) in [5.41, 5.74) is 1.97. The van der Waals surface area contributed by atoms with Gasteiger partial charge in [-0.3, -0.25) is 14.4 Å². The maximum Gasteiger partial charge on any atom is 0.310 e. The van der Waals surface area contributed by atoms with Crippen LogP contribution in [0.5, 0.6) is 0 Å². The molecule has 0 spiro atoms. The van der Waals surface area contributed by atoms with Gasteiger partial charge in [0.2, 0.25) is 11.8 Å². The number of rotatable bonds is 8. The zero-order chi connectivity index (χ0) is 20.7. The number of benzene rings is 2. The molecule has 2 rings (SSSR count). The van der Waals surface area contributed by atoms with E-state index in [-0.39, 0.29) is 24.2 Å². The van der Waals surface area contributed by atoms with Gasteiger partial charge in [-0.15, -0.1) is 0 Å². The number of nitrogens with one attached hydrogen (secondary N) is 2. The highest BCUT2D eigenvalue weighted by molar-refractivity contribution is 5.97. The van der Waals surface area contributed by atoms with Crippen LogP contribution in [0.2, 0.25) is 0 Å². The van der Waals surface area contributed by atoms with Crippen LogP contribution < -0.4 is 10.6 Å². The molecule has 0 radical (unpaired) electrons. The third kappa shape index (κ3) is 5.94. The summed E-state index contributed by atoms with van der Waals surface area (Å²) in [4.78, 5) is 36.2. The zero-order valence-corrected chi connectivity index (χ0v) is 16.3. The first-order valence-electron chi connectivity index (χ1n) is 9.25. The highest BCUT2D eigenvalue weighted by atomic mass is 16.4. The Morgan fingerprint density at radius 2 is 1.64 bits per heavy atom. The summed E-state index contributed by atoms with van der Waals surface area (Å²) in [5, 5.41) is 14.7. The summed E-state index contributed by atoms with van der Waals surface area (Å²) in [6, 6.07) is 15.4. The summed E-state index contributed by atoms with van der Waals surface area (Å²) in [6.45, 7) is 5.30. The standard InChI is InChI=1S/C22H26N2O4/c1-14(2)20(24-19(25)12-16-8-5-4-6-9-16)21(26)23-18-11-7-10-17(13-18)15(3)22(27)28/h4-11,13-15,20H,12H2,1-3H3,(H,23,26)(H,24,25)(H,27,28). The topological polar surface area (TPSA) is 95.5 Å². The molecule has 0 aliphatic heterocycles. The van der Waals surface area contributed by atoms with E-state index in [0.29, 0.717) is 11.3 Å². The number of amides is 2. The minimum Gasteiger partial charge on any atom is -0.481 e. The van der Waals surface area contributed by atoms with E-state index in [0.717, 1.165) is 5.56 Å². The largest absolute Gasteiger partial charge is 0.481 e. The van der Waals surface area contributed by atoms with Crippen molar-refractivity contribution in [2.75, 3.05) is 5.32 Å². The van der Waals surface area contributed by atoms with Gasteiger partial charge in [-0.2, -0.15) is 0 Å². The Bertz CT molecular complexity index is 833. The van der Waals surface area contributed by atoms with E-state index in [9.17, 15) is 14.4 Å². The number of anilines is 1. The summed E-state index contributed by atoms with van der Waals surface area (Å²) in [7, 11) is 0. The molecule has 6 heteroatoms. The van der Waals surface area contributed by atoms with Crippen molar-refractivity contribution < 1.29 is 19.5 Å². The van der Waals surface area contributed by atoms with Crippen molar-refractivity contribution in [3.8, 4) is 0 Å². The summed E-state index contributed by atoms with van der Waals surface area (Å²) in [6.07, 6.45) is 0.197. The van der Waals surface area contributed by atoms with E-state index in [2.05, 4.69) is 10.6 Å². The van der Waals surface area contributed by atoms with E-state index in [1.54, 1.807) is 31.2 Å². The SMILES string of the molecule is CC(C(=O)O)c1cccc(NC(=O)C(NC(=O)Cc2ccccc2)C(C)C)c1. The molecular weight excluding hydrogens is 356 g/mol. The van der Waals surface area contributed by atoms with Gasteiger partial charge < -0.3 is 15.7 Å². The van der Waals surface area contributed by atoms with E-state index in [1.807, 2.05) is 44.2 Å². The van der Waals surface area contributed by atoms with Crippen molar-refractivity contribution in [3.05, 3.63) is 65.7 Å². The van der Waals surface area contributed by atoms with Crippen LogP contribution in [-0.4, -0.2) is 28.9 Å². The van der Waals surface area contributed by atoms with Crippen molar-refractivity contribution >= 4 is 23.5 Å². The summed E-state index contributed by atoms with van der Waals surface area (Å²) < 4.78 is 0. The lowest BCUT2D eigenvalue weighted by atomic mass is 10.00. The average molecular weight is 382 g/mol. The van der Waals surface area contributed by atoms with Gasteiger partial charge >= 0.3 is 5.97 Å². The highest BCUT2D eigenvalue weighted by Crippen LogP contribution is 2.20. The Kier molecular flexibility index (Phi) is 7.32. The zero-order valence-electron chi connectivity index (χ0n) is 16.3. The number of aliphatic carboxylic acids is 1. The van der Waals surface area contributed by atoms with Gasteiger partial charge in [-0.05, 0) is 36.1 Å². The smallest absolute Gasteiger partial charge is 0.310 e. The van der Waals surface area contributed by atoms with Crippen molar-refractivity contribution in [2.45, 2.75) is 39.2 Å². The lowest BCUT2D eigenvalue weighted by molar-refractivity contribution is -0.138. The molecule has 28 heavy (non-hydrogen) atoms. The maximum atomic E-state index is 12.7. The Hall–Kier alpha value is -3.15. The minimum atomic E-state index is -0.934. The maximum absolute atomic E-state index is 12.7. The van der Waals surface area contributed by atoms with E-state index in [4.69, 9.17) is 5.11 Å². The molecule has 6 nitrogen and oxygen atoms in total. The fraction of sp³-hybridized carbons (Fsp3) is 0.318. The Balaban J connectivity index is 2.05. The predicted octanol–water partition coefficient (Wildman–Crippen LogP) is 3.20. The monoisotopic (exact) mass is 382 g/mol. The molecule has 0 heterocycles. The molecule has 148 valence electrons. The molecule has 2 atom stereocenters. The molecule has 2 aromatic rings. The number of carboxylic acid groups (broad SMARTS) is 1. The van der Waals surface area contributed by atoms with Gasteiger partial charge in [-0.25, -0.2) is 0 Å². The first-order chi connectivity index (χ1) is 13.3. The van der Waals surface area contributed by atoms with Gasteiger partial charge in [-0.1, -0.05) is 56.3 Å².